The topological polar surface area (TPSA) is 85.8 Å². The Morgan fingerprint density at radius 1 is 1.36 bits per heavy atom. The Labute approximate surface area is 156 Å². The van der Waals surface area contributed by atoms with E-state index in [9.17, 15) is 4.79 Å². The smallest absolute Gasteiger partial charge is 0.234 e. The van der Waals surface area contributed by atoms with Gasteiger partial charge in [0.25, 0.3) is 0 Å². The molecule has 3 N–H and O–H groups in total. The molecule has 6 nitrogen and oxygen atoms in total. The lowest BCUT2D eigenvalue weighted by atomic mass is 9.89. The molecule has 0 radical (unpaired) electrons. The van der Waals surface area contributed by atoms with Gasteiger partial charge in [-0.1, -0.05) is 42.6 Å². The van der Waals surface area contributed by atoms with E-state index in [0.29, 0.717) is 16.1 Å². The molecule has 1 aliphatic carbocycles. The summed E-state index contributed by atoms with van der Waals surface area (Å²) in [6, 6.07) is 5.37. The fourth-order valence-corrected chi connectivity index (χ4v) is 4.00. The average Bonchev–Trinajstić information content (AvgIpc) is 2.97. The number of halogens is 1. The minimum atomic E-state index is -0.113. The molecule has 1 amide bonds. The first kappa shape index (κ1) is 18.1. The number of anilines is 1. The molecule has 1 saturated carbocycles. The van der Waals surface area contributed by atoms with Crippen LogP contribution in [0.5, 0.6) is 0 Å². The Balaban J connectivity index is 1.58. The van der Waals surface area contributed by atoms with Crippen LogP contribution in [0.3, 0.4) is 0 Å². The highest BCUT2D eigenvalue weighted by molar-refractivity contribution is 7.99. The molecule has 0 saturated heterocycles. The van der Waals surface area contributed by atoms with Crippen molar-refractivity contribution in [2.75, 3.05) is 16.9 Å². The summed E-state index contributed by atoms with van der Waals surface area (Å²) < 4.78 is 1.54. The van der Waals surface area contributed by atoms with E-state index in [0.717, 1.165) is 29.9 Å². The lowest BCUT2D eigenvalue weighted by molar-refractivity contribution is -0.113. The van der Waals surface area contributed by atoms with Crippen LogP contribution < -0.4 is 11.2 Å². The highest BCUT2D eigenvalue weighted by atomic mass is 35.5. The predicted octanol–water partition coefficient (Wildman–Crippen LogP) is 3.73. The van der Waals surface area contributed by atoms with Crippen molar-refractivity contribution in [1.29, 1.82) is 0 Å². The van der Waals surface area contributed by atoms with Gasteiger partial charge in [-0.2, -0.15) is 0 Å². The zero-order chi connectivity index (χ0) is 17.8. The van der Waals surface area contributed by atoms with Crippen molar-refractivity contribution in [3.8, 4) is 0 Å². The number of benzene rings is 1. The third kappa shape index (κ3) is 4.46. The summed E-state index contributed by atoms with van der Waals surface area (Å²) in [7, 11) is 0. The number of aromatic nitrogens is 3. The van der Waals surface area contributed by atoms with Crippen molar-refractivity contribution in [2.45, 2.75) is 50.1 Å². The maximum atomic E-state index is 12.2. The molecule has 1 fully saturated rings. The standard InChI is InChI=1S/C17H22ClN5OS/c1-11-9-13(18)7-8-14(11)20-15(24)10-25-17-22-21-16(23(17)19)12-5-3-2-4-6-12/h7-9,12H,2-6,10,19H2,1H3,(H,20,24). The van der Waals surface area contributed by atoms with Gasteiger partial charge < -0.3 is 11.2 Å². The summed E-state index contributed by atoms with van der Waals surface area (Å²) in [5.74, 6) is 7.46. The summed E-state index contributed by atoms with van der Waals surface area (Å²) in [6.45, 7) is 1.90. The fourth-order valence-electron chi connectivity index (χ4n) is 3.11. The van der Waals surface area contributed by atoms with Gasteiger partial charge in [-0.3, -0.25) is 4.79 Å². The molecule has 134 valence electrons. The summed E-state index contributed by atoms with van der Waals surface area (Å²) in [4.78, 5) is 12.2. The van der Waals surface area contributed by atoms with Gasteiger partial charge in [-0.15, -0.1) is 10.2 Å². The van der Waals surface area contributed by atoms with Crippen LogP contribution in [0, 0.1) is 6.92 Å². The van der Waals surface area contributed by atoms with Crippen molar-refractivity contribution >= 4 is 35.0 Å². The number of nitrogens with one attached hydrogen (secondary N) is 1. The maximum absolute atomic E-state index is 12.2. The van der Waals surface area contributed by atoms with Crippen LogP contribution in [0.25, 0.3) is 0 Å². The fraction of sp³-hybridized carbons (Fsp3) is 0.471. The van der Waals surface area contributed by atoms with Crippen molar-refractivity contribution in [3.05, 3.63) is 34.6 Å². The Morgan fingerprint density at radius 2 is 2.12 bits per heavy atom. The average molecular weight is 380 g/mol. The molecule has 0 bridgehead atoms. The number of amides is 1. The van der Waals surface area contributed by atoms with Crippen LogP contribution in [0.2, 0.25) is 5.02 Å². The van der Waals surface area contributed by atoms with Crippen LogP contribution in [0.4, 0.5) is 5.69 Å². The second-order valence-electron chi connectivity index (χ2n) is 6.34. The lowest BCUT2D eigenvalue weighted by Crippen LogP contribution is -2.20. The van der Waals surface area contributed by atoms with Crippen LogP contribution in [0.15, 0.2) is 23.4 Å². The number of nitrogens with two attached hydrogens (primary N) is 1. The number of aryl methyl sites for hydroxylation is 1. The summed E-state index contributed by atoms with van der Waals surface area (Å²) >= 11 is 7.22. The number of carbonyl (C=O) groups is 1. The van der Waals surface area contributed by atoms with E-state index in [4.69, 9.17) is 17.4 Å². The first-order valence-electron chi connectivity index (χ1n) is 8.44. The molecule has 25 heavy (non-hydrogen) atoms. The molecule has 1 aliphatic rings. The number of rotatable bonds is 5. The van der Waals surface area contributed by atoms with E-state index >= 15 is 0 Å². The molecule has 0 aliphatic heterocycles. The second-order valence-corrected chi connectivity index (χ2v) is 7.72. The Bertz CT molecular complexity index is 757. The monoisotopic (exact) mass is 379 g/mol. The van der Waals surface area contributed by atoms with E-state index in [-0.39, 0.29) is 11.7 Å². The van der Waals surface area contributed by atoms with Gasteiger partial charge in [-0.25, -0.2) is 4.68 Å². The van der Waals surface area contributed by atoms with Crippen LogP contribution >= 0.6 is 23.4 Å². The Morgan fingerprint density at radius 3 is 2.84 bits per heavy atom. The number of nitrogens with zero attached hydrogens (tertiary/aromatic N) is 3. The van der Waals surface area contributed by atoms with Crippen LogP contribution in [-0.2, 0) is 4.79 Å². The van der Waals surface area contributed by atoms with E-state index in [2.05, 4.69) is 15.5 Å². The van der Waals surface area contributed by atoms with Gasteiger partial charge in [0, 0.05) is 16.6 Å². The third-order valence-electron chi connectivity index (χ3n) is 4.46. The van der Waals surface area contributed by atoms with Gasteiger partial charge in [0.15, 0.2) is 5.82 Å². The first-order valence-corrected chi connectivity index (χ1v) is 9.80. The summed E-state index contributed by atoms with van der Waals surface area (Å²) in [5, 5.41) is 12.5. The van der Waals surface area contributed by atoms with Gasteiger partial charge in [-0.05, 0) is 43.5 Å². The SMILES string of the molecule is Cc1cc(Cl)ccc1NC(=O)CSc1nnc(C2CCCCC2)n1N. The largest absolute Gasteiger partial charge is 0.336 e. The molecule has 1 aromatic carbocycles. The highest BCUT2D eigenvalue weighted by Gasteiger charge is 2.22. The number of hydrogen-bond donors (Lipinski definition) is 2. The molecular weight excluding hydrogens is 358 g/mol. The van der Waals surface area contributed by atoms with Crippen LogP contribution in [-0.4, -0.2) is 26.5 Å². The van der Waals surface area contributed by atoms with E-state index < -0.39 is 0 Å². The Kier molecular flexibility index (Phi) is 5.86. The van der Waals surface area contributed by atoms with Gasteiger partial charge in [0.1, 0.15) is 0 Å². The van der Waals surface area contributed by atoms with Gasteiger partial charge in [0.05, 0.1) is 5.75 Å². The molecule has 1 aromatic heterocycles. The zero-order valence-corrected chi connectivity index (χ0v) is 15.7. The maximum Gasteiger partial charge on any atom is 0.234 e. The van der Waals surface area contributed by atoms with E-state index in [1.54, 1.807) is 16.8 Å². The van der Waals surface area contributed by atoms with Crippen molar-refractivity contribution in [3.63, 3.8) is 0 Å². The molecule has 2 aromatic rings. The van der Waals surface area contributed by atoms with Crippen LogP contribution in [0.1, 0.15) is 49.4 Å². The molecule has 8 heteroatoms. The number of nitrogen functional groups attached to an aromatic ring is 1. The number of hydrogen-bond acceptors (Lipinski definition) is 5. The molecule has 1 heterocycles. The minimum Gasteiger partial charge on any atom is -0.336 e. The van der Waals surface area contributed by atoms with Gasteiger partial charge in [0.2, 0.25) is 11.1 Å². The Hall–Kier alpha value is -1.73. The molecular formula is C17H22ClN5OS. The number of carbonyl (C=O) groups excluding carboxylic acids is 1. The predicted molar refractivity (Wildman–Crippen MR) is 102 cm³/mol. The summed E-state index contributed by atoms with van der Waals surface area (Å²) in [5.41, 5.74) is 1.68. The molecule has 0 spiro atoms. The molecule has 0 atom stereocenters. The van der Waals surface area contributed by atoms with E-state index in [1.165, 1.54) is 31.0 Å². The van der Waals surface area contributed by atoms with Crippen molar-refractivity contribution in [1.82, 2.24) is 14.9 Å². The lowest BCUT2D eigenvalue weighted by Gasteiger charge is -2.20. The van der Waals surface area contributed by atoms with Crippen molar-refractivity contribution < 1.29 is 4.79 Å². The highest BCUT2D eigenvalue weighted by Crippen LogP contribution is 2.32. The normalized spacial score (nSPS) is 15.3. The van der Waals surface area contributed by atoms with E-state index in [1.807, 2.05) is 13.0 Å². The van der Waals surface area contributed by atoms with Crippen molar-refractivity contribution in [2.24, 2.45) is 0 Å². The zero-order valence-electron chi connectivity index (χ0n) is 14.2. The number of thioether (sulfide) groups is 1. The first-order chi connectivity index (χ1) is 12.0. The third-order valence-corrected chi connectivity index (χ3v) is 5.63. The molecule has 0 unspecified atom stereocenters. The van der Waals surface area contributed by atoms with Gasteiger partial charge >= 0.3 is 0 Å². The molecule has 3 rings (SSSR count). The second kappa shape index (κ2) is 8.10. The summed E-state index contributed by atoms with van der Waals surface area (Å²) in [6.07, 6.45) is 5.92. The quantitative estimate of drug-likeness (QED) is 0.610. The minimum absolute atomic E-state index is 0.113.